The van der Waals surface area contributed by atoms with Crippen molar-refractivity contribution in [3.05, 3.63) is 35.4 Å². The molecule has 4 heteroatoms. The number of carbonyl (C=O) groups is 1. The molecule has 0 unspecified atom stereocenters. The molecule has 0 bridgehead atoms. The molecule has 1 aromatic carbocycles. The molecule has 4 nitrogen and oxygen atoms in total. The van der Waals surface area contributed by atoms with Crippen molar-refractivity contribution in [2.45, 2.75) is 25.3 Å². The van der Waals surface area contributed by atoms with Crippen molar-refractivity contribution in [2.24, 2.45) is 0 Å². The fraction of sp³-hybridized carbons (Fsp3) is 0.385. The summed E-state index contributed by atoms with van der Waals surface area (Å²) in [6.45, 7) is 0.591. The molecule has 0 heterocycles. The van der Waals surface area contributed by atoms with E-state index in [1.807, 2.05) is 18.2 Å². The Kier molecular flexibility index (Phi) is 3.61. The van der Waals surface area contributed by atoms with Gasteiger partial charge in [-0.2, -0.15) is 5.26 Å². The maximum atomic E-state index is 11.3. The number of rotatable bonds is 4. The van der Waals surface area contributed by atoms with Gasteiger partial charge in [-0.1, -0.05) is 12.1 Å². The van der Waals surface area contributed by atoms with Crippen LogP contribution in [0.5, 0.6) is 0 Å². The maximum Gasteiger partial charge on any atom is 0.315 e. The first-order valence-electron chi connectivity index (χ1n) is 5.81. The molecule has 0 spiro atoms. The average Bonchev–Trinajstić information content (AvgIpc) is 3.13. The Labute approximate surface area is 101 Å². The lowest BCUT2D eigenvalue weighted by atomic mass is 10.1. The van der Waals surface area contributed by atoms with Crippen molar-refractivity contribution in [2.75, 3.05) is 6.54 Å². The number of hydrogen-bond acceptors (Lipinski definition) is 2. The number of hydrogen-bond donors (Lipinski definition) is 2. The van der Waals surface area contributed by atoms with E-state index in [1.165, 1.54) is 0 Å². The molecule has 88 valence electrons. The number of nitrogens with zero attached hydrogens (tertiary/aromatic N) is 1. The van der Waals surface area contributed by atoms with Crippen molar-refractivity contribution in [3.63, 3.8) is 0 Å². The quantitative estimate of drug-likeness (QED) is 0.823. The van der Waals surface area contributed by atoms with E-state index in [-0.39, 0.29) is 6.03 Å². The zero-order chi connectivity index (χ0) is 12.1. The van der Waals surface area contributed by atoms with Gasteiger partial charge in [0.2, 0.25) is 0 Å². The number of benzene rings is 1. The number of urea groups is 1. The molecule has 0 aliphatic heterocycles. The van der Waals surface area contributed by atoms with Crippen LogP contribution in [0.3, 0.4) is 0 Å². The van der Waals surface area contributed by atoms with Gasteiger partial charge in [-0.15, -0.1) is 0 Å². The number of carbonyl (C=O) groups excluding carboxylic acids is 1. The van der Waals surface area contributed by atoms with E-state index in [4.69, 9.17) is 5.26 Å². The van der Waals surface area contributed by atoms with Crippen molar-refractivity contribution in [1.29, 1.82) is 5.26 Å². The summed E-state index contributed by atoms with van der Waals surface area (Å²) in [6, 6.07) is 9.83. The second kappa shape index (κ2) is 5.35. The molecule has 1 aliphatic rings. The summed E-state index contributed by atoms with van der Waals surface area (Å²) < 4.78 is 0. The lowest BCUT2D eigenvalue weighted by Gasteiger charge is -2.06. The molecule has 0 saturated heterocycles. The fourth-order valence-corrected chi connectivity index (χ4v) is 1.58. The lowest BCUT2D eigenvalue weighted by molar-refractivity contribution is 0.240. The van der Waals surface area contributed by atoms with Gasteiger partial charge in [0.1, 0.15) is 0 Å². The van der Waals surface area contributed by atoms with E-state index >= 15 is 0 Å². The first-order chi connectivity index (χ1) is 8.28. The summed E-state index contributed by atoms with van der Waals surface area (Å²) in [7, 11) is 0. The van der Waals surface area contributed by atoms with Crippen LogP contribution in [0.2, 0.25) is 0 Å². The second-order valence-corrected chi connectivity index (χ2v) is 4.24. The first-order valence-corrected chi connectivity index (χ1v) is 5.81. The molecule has 1 aliphatic carbocycles. The van der Waals surface area contributed by atoms with Crippen LogP contribution in [0.25, 0.3) is 0 Å². The van der Waals surface area contributed by atoms with Gasteiger partial charge in [-0.3, -0.25) is 0 Å². The Balaban J connectivity index is 1.73. The van der Waals surface area contributed by atoms with Crippen molar-refractivity contribution in [3.8, 4) is 6.07 Å². The van der Waals surface area contributed by atoms with Gasteiger partial charge < -0.3 is 10.6 Å². The van der Waals surface area contributed by atoms with Gasteiger partial charge in [-0.25, -0.2) is 4.79 Å². The van der Waals surface area contributed by atoms with Crippen LogP contribution in [0.15, 0.2) is 24.3 Å². The van der Waals surface area contributed by atoms with Gasteiger partial charge in [0.05, 0.1) is 11.6 Å². The molecule has 2 rings (SSSR count). The van der Waals surface area contributed by atoms with Crippen molar-refractivity contribution in [1.82, 2.24) is 10.6 Å². The Bertz CT molecular complexity index is 446. The Hall–Kier alpha value is -2.02. The summed E-state index contributed by atoms with van der Waals surface area (Å²) >= 11 is 0. The van der Waals surface area contributed by atoms with E-state index in [2.05, 4.69) is 16.7 Å². The standard InChI is InChI=1S/C13H15N3O/c14-9-11-3-1-2-10(8-11)6-7-15-13(17)16-12-4-5-12/h1-3,8,12H,4-7H2,(H2,15,16,17). The molecule has 0 radical (unpaired) electrons. The molecule has 0 atom stereocenters. The van der Waals surface area contributed by atoms with Crippen molar-refractivity contribution >= 4 is 6.03 Å². The van der Waals surface area contributed by atoms with Crippen LogP contribution in [0, 0.1) is 11.3 Å². The third-order valence-corrected chi connectivity index (χ3v) is 2.67. The molecular weight excluding hydrogens is 214 g/mol. The summed E-state index contributed by atoms with van der Waals surface area (Å²) in [5.74, 6) is 0. The normalized spacial score (nSPS) is 13.8. The zero-order valence-corrected chi connectivity index (χ0v) is 9.57. The van der Waals surface area contributed by atoms with Crippen LogP contribution in [0.4, 0.5) is 4.79 Å². The maximum absolute atomic E-state index is 11.3. The van der Waals surface area contributed by atoms with Crippen LogP contribution in [0.1, 0.15) is 24.0 Å². The van der Waals surface area contributed by atoms with Crippen LogP contribution < -0.4 is 10.6 Å². The van der Waals surface area contributed by atoms with Gasteiger partial charge in [0, 0.05) is 12.6 Å². The Morgan fingerprint density at radius 3 is 3.00 bits per heavy atom. The number of nitrogens with one attached hydrogen (secondary N) is 2. The topological polar surface area (TPSA) is 64.9 Å². The second-order valence-electron chi connectivity index (χ2n) is 4.24. The minimum atomic E-state index is -0.0936. The summed E-state index contributed by atoms with van der Waals surface area (Å²) in [4.78, 5) is 11.3. The molecular formula is C13H15N3O. The minimum absolute atomic E-state index is 0.0936. The average molecular weight is 229 g/mol. The van der Waals surface area contributed by atoms with E-state index in [9.17, 15) is 4.79 Å². The molecule has 2 N–H and O–H groups in total. The molecule has 1 fully saturated rings. The van der Waals surface area contributed by atoms with Gasteiger partial charge in [0.15, 0.2) is 0 Å². The van der Waals surface area contributed by atoms with Crippen LogP contribution in [-0.4, -0.2) is 18.6 Å². The molecule has 1 aromatic rings. The highest BCUT2D eigenvalue weighted by molar-refractivity contribution is 5.74. The SMILES string of the molecule is N#Cc1cccc(CCNC(=O)NC2CC2)c1. The highest BCUT2D eigenvalue weighted by Crippen LogP contribution is 2.18. The fourth-order valence-electron chi connectivity index (χ4n) is 1.58. The predicted octanol–water partition coefficient (Wildman–Crippen LogP) is 1.56. The van der Waals surface area contributed by atoms with E-state index < -0.39 is 0 Å². The molecule has 1 saturated carbocycles. The van der Waals surface area contributed by atoms with E-state index in [0.29, 0.717) is 18.2 Å². The van der Waals surface area contributed by atoms with E-state index in [0.717, 1.165) is 24.8 Å². The Morgan fingerprint density at radius 1 is 1.47 bits per heavy atom. The highest BCUT2D eigenvalue weighted by atomic mass is 16.2. The first kappa shape index (κ1) is 11.5. The lowest BCUT2D eigenvalue weighted by Crippen LogP contribution is -2.37. The number of nitriles is 1. The molecule has 2 amide bonds. The van der Waals surface area contributed by atoms with Crippen LogP contribution in [-0.2, 0) is 6.42 Å². The third kappa shape index (κ3) is 3.80. The third-order valence-electron chi connectivity index (χ3n) is 2.67. The van der Waals surface area contributed by atoms with Gasteiger partial charge in [-0.05, 0) is 37.0 Å². The smallest absolute Gasteiger partial charge is 0.315 e. The van der Waals surface area contributed by atoms with Crippen molar-refractivity contribution < 1.29 is 4.79 Å². The summed E-state index contributed by atoms with van der Waals surface area (Å²) in [5, 5.41) is 14.4. The number of amides is 2. The minimum Gasteiger partial charge on any atom is -0.338 e. The summed E-state index contributed by atoms with van der Waals surface area (Å²) in [6.07, 6.45) is 2.93. The van der Waals surface area contributed by atoms with E-state index in [1.54, 1.807) is 6.07 Å². The summed E-state index contributed by atoms with van der Waals surface area (Å²) in [5.41, 5.74) is 1.72. The zero-order valence-electron chi connectivity index (χ0n) is 9.57. The Morgan fingerprint density at radius 2 is 2.29 bits per heavy atom. The predicted molar refractivity (Wildman–Crippen MR) is 64.4 cm³/mol. The van der Waals surface area contributed by atoms with Gasteiger partial charge in [0.25, 0.3) is 0 Å². The largest absolute Gasteiger partial charge is 0.338 e. The monoisotopic (exact) mass is 229 g/mol. The highest BCUT2D eigenvalue weighted by Gasteiger charge is 2.22. The van der Waals surface area contributed by atoms with Crippen LogP contribution >= 0.6 is 0 Å². The molecule has 0 aromatic heterocycles. The molecule has 17 heavy (non-hydrogen) atoms. The van der Waals surface area contributed by atoms with Gasteiger partial charge >= 0.3 is 6.03 Å².